The van der Waals surface area contributed by atoms with Gasteiger partial charge >= 0.3 is 0 Å². The van der Waals surface area contributed by atoms with Gasteiger partial charge in [0.25, 0.3) is 0 Å². The number of aliphatic imine (C=N–C) groups is 1. The molecule has 0 fully saturated rings. The van der Waals surface area contributed by atoms with Crippen molar-refractivity contribution in [1.29, 1.82) is 0 Å². The van der Waals surface area contributed by atoms with Gasteiger partial charge in [-0.05, 0) is 31.9 Å². The van der Waals surface area contributed by atoms with E-state index in [0.717, 1.165) is 49.9 Å². The minimum atomic E-state index is 0. The predicted octanol–water partition coefficient (Wildman–Crippen LogP) is 3.75. The summed E-state index contributed by atoms with van der Waals surface area (Å²) in [5.74, 6) is 2.07. The van der Waals surface area contributed by atoms with Gasteiger partial charge < -0.3 is 19.7 Å². The van der Waals surface area contributed by atoms with Crippen molar-refractivity contribution < 1.29 is 4.52 Å². The summed E-state index contributed by atoms with van der Waals surface area (Å²) in [6, 6.07) is 6.09. The molecule has 25 heavy (non-hydrogen) atoms. The van der Waals surface area contributed by atoms with Crippen LogP contribution < -0.4 is 10.6 Å². The monoisotopic (exact) mass is 459 g/mol. The molecule has 140 valence electrons. The molecule has 2 N–H and O–H groups in total. The molecule has 6 nitrogen and oxygen atoms in total. The third-order valence-electron chi connectivity index (χ3n) is 4.05. The molecule has 2 aromatic heterocycles. The molecule has 0 unspecified atom stereocenters. The fraction of sp³-hybridized carbons (Fsp3) is 0.556. The van der Waals surface area contributed by atoms with E-state index in [9.17, 15) is 0 Å². The maximum atomic E-state index is 5.42. The lowest BCUT2D eigenvalue weighted by molar-refractivity contribution is 0.372. The second kappa shape index (κ2) is 11.9. The van der Waals surface area contributed by atoms with E-state index in [4.69, 9.17) is 4.52 Å². The Bertz CT molecular complexity index is 605. The molecule has 0 radical (unpaired) electrons. The minimum absolute atomic E-state index is 0. The maximum absolute atomic E-state index is 5.42. The number of rotatable bonds is 9. The number of nitrogens with one attached hydrogen (secondary N) is 2. The third kappa shape index (κ3) is 7.09. The Labute approximate surface area is 167 Å². The first kappa shape index (κ1) is 21.5. The summed E-state index contributed by atoms with van der Waals surface area (Å²) >= 11 is 0. The van der Waals surface area contributed by atoms with E-state index in [-0.39, 0.29) is 24.0 Å². The zero-order valence-electron chi connectivity index (χ0n) is 15.4. The van der Waals surface area contributed by atoms with E-state index in [2.05, 4.69) is 58.5 Å². The van der Waals surface area contributed by atoms with E-state index in [0.29, 0.717) is 12.5 Å². The average Bonchev–Trinajstić information content (AvgIpc) is 3.26. The van der Waals surface area contributed by atoms with Crippen LogP contribution in [0.4, 0.5) is 0 Å². The lowest BCUT2D eigenvalue weighted by Crippen LogP contribution is -2.38. The van der Waals surface area contributed by atoms with Gasteiger partial charge in [0.1, 0.15) is 6.54 Å². The van der Waals surface area contributed by atoms with Gasteiger partial charge in [-0.1, -0.05) is 19.0 Å². The number of aromatic nitrogens is 2. The molecular weight excluding hydrogens is 429 g/mol. The Balaban J connectivity index is 0.00000312. The first-order valence-electron chi connectivity index (χ1n) is 8.85. The number of hydrogen-bond acceptors (Lipinski definition) is 3. The number of hydrogen-bond donors (Lipinski definition) is 2. The standard InChI is InChI=1S/C18H29N5O.HI/c1-4-15(5-2)17-13-16(24-22-17)14-21-18(19-6-3)20-9-12-23-10-7-8-11-23;/h7-8,10-11,13,15H,4-6,9,12,14H2,1-3H3,(H2,19,20,21);1H. The predicted molar refractivity (Wildman–Crippen MR) is 112 cm³/mol. The molecule has 0 aliphatic heterocycles. The summed E-state index contributed by atoms with van der Waals surface area (Å²) in [4.78, 5) is 4.58. The molecule has 0 spiro atoms. The van der Waals surface area contributed by atoms with Crippen molar-refractivity contribution in [3.05, 3.63) is 42.0 Å². The van der Waals surface area contributed by atoms with Gasteiger partial charge in [0.15, 0.2) is 11.7 Å². The van der Waals surface area contributed by atoms with Crippen molar-refractivity contribution >= 4 is 29.9 Å². The summed E-state index contributed by atoms with van der Waals surface area (Å²) in [6.07, 6.45) is 6.27. The number of guanidine groups is 1. The zero-order valence-corrected chi connectivity index (χ0v) is 17.7. The summed E-state index contributed by atoms with van der Waals surface area (Å²) < 4.78 is 7.56. The van der Waals surface area contributed by atoms with Gasteiger partial charge in [0.05, 0.1) is 5.69 Å². The molecule has 0 saturated heterocycles. The lowest BCUT2D eigenvalue weighted by atomic mass is 9.99. The summed E-state index contributed by atoms with van der Waals surface area (Å²) in [5, 5.41) is 10.8. The highest BCUT2D eigenvalue weighted by Crippen LogP contribution is 2.22. The van der Waals surface area contributed by atoms with Crippen LogP contribution >= 0.6 is 24.0 Å². The van der Waals surface area contributed by atoms with E-state index in [1.54, 1.807) is 0 Å². The molecule has 2 aromatic rings. The topological polar surface area (TPSA) is 67.4 Å². The van der Waals surface area contributed by atoms with E-state index in [1.807, 2.05) is 18.2 Å². The molecule has 7 heteroatoms. The van der Waals surface area contributed by atoms with Crippen LogP contribution in [0.1, 0.15) is 51.0 Å². The van der Waals surface area contributed by atoms with Crippen LogP contribution in [0.15, 0.2) is 40.1 Å². The second-order valence-electron chi connectivity index (χ2n) is 5.77. The molecule has 0 amide bonds. The zero-order chi connectivity index (χ0) is 17.2. The van der Waals surface area contributed by atoms with Gasteiger partial charge in [0.2, 0.25) is 0 Å². The number of nitrogens with zero attached hydrogens (tertiary/aromatic N) is 3. The van der Waals surface area contributed by atoms with E-state index in [1.165, 1.54) is 0 Å². The molecule has 0 aliphatic carbocycles. The molecule has 2 heterocycles. The summed E-state index contributed by atoms with van der Waals surface area (Å²) in [7, 11) is 0. The molecule has 0 saturated carbocycles. The average molecular weight is 459 g/mol. The van der Waals surface area contributed by atoms with Gasteiger partial charge in [-0.3, -0.25) is 0 Å². The Hall–Kier alpha value is -1.51. The van der Waals surface area contributed by atoms with Crippen LogP contribution in [0, 0.1) is 0 Å². The molecule has 0 aliphatic rings. The smallest absolute Gasteiger partial charge is 0.191 e. The molecule has 2 rings (SSSR count). The lowest BCUT2D eigenvalue weighted by Gasteiger charge is -2.11. The summed E-state index contributed by atoms with van der Waals surface area (Å²) in [5.41, 5.74) is 1.04. The normalized spacial score (nSPS) is 11.4. The molecule has 0 bridgehead atoms. The van der Waals surface area contributed by atoms with Gasteiger partial charge in [-0.15, -0.1) is 24.0 Å². The van der Waals surface area contributed by atoms with Crippen molar-refractivity contribution in [2.75, 3.05) is 13.1 Å². The van der Waals surface area contributed by atoms with Gasteiger partial charge in [0, 0.05) is 44.0 Å². The van der Waals surface area contributed by atoms with Gasteiger partial charge in [-0.2, -0.15) is 0 Å². The van der Waals surface area contributed by atoms with Crippen molar-refractivity contribution in [2.45, 2.75) is 52.6 Å². The highest BCUT2D eigenvalue weighted by atomic mass is 127. The second-order valence-corrected chi connectivity index (χ2v) is 5.77. The van der Waals surface area contributed by atoms with Gasteiger partial charge in [-0.25, -0.2) is 4.99 Å². The Morgan fingerprint density at radius 3 is 2.56 bits per heavy atom. The van der Waals surface area contributed by atoms with Crippen LogP contribution in [0.2, 0.25) is 0 Å². The largest absolute Gasteiger partial charge is 0.359 e. The van der Waals surface area contributed by atoms with E-state index < -0.39 is 0 Å². The highest BCUT2D eigenvalue weighted by Gasteiger charge is 2.12. The fourth-order valence-electron chi connectivity index (χ4n) is 2.62. The maximum Gasteiger partial charge on any atom is 0.191 e. The van der Waals surface area contributed by atoms with Crippen LogP contribution in [0.3, 0.4) is 0 Å². The van der Waals surface area contributed by atoms with Crippen LogP contribution in [0.5, 0.6) is 0 Å². The SMILES string of the molecule is CCNC(=NCc1cc(C(CC)CC)no1)NCCn1cccc1.I. The third-order valence-corrected chi connectivity index (χ3v) is 4.05. The van der Waals surface area contributed by atoms with Crippen LogP contribution in [-0.4, -0.2) is 28.8 Å². The van der Waals surface area contributed by atoms with Crippen LogP contribution in [0.25, 0.3) is 0 Å². The van der Waals surface area contributed by atoms with Crippen molar-refractivity contribution in [2.24, 2.45) is 4.99 Å². The van der Waals surface area contributed by atoms with Crippen molar-refractivity contribution in [3.8, 4) is 0 Å². The van der Waals surface area contributed by atoms with E-state index >= 15 is 0 Å². The highest BCUT2D eigenvalue weighted by molar-refractivity contribution is 14.0. The van der Waals surface area contributed by atoms with Crippen molar-refractivity contribution in [1.82, 2.24) is 20.4 Å². The first-order chi connectivity index (χ1) is 11.8. The molecule has 0 atom stereocenters. The first-order valence-corrected chi connectivity index (χ1v) is 8.85. The Morgan fingerprint density at radius 1 is 1.20 bits per heavy atom. The quantitative estimate of drug-likeness (QED) is 0.341. The summed E-state index contributed by atoms with van der Waals surface area (Å²) in [6.45, 7) is 9.45. The molecular formula is C18H30IN5O. The van der Waals surface area contributed by atoms with Crippen LogP contribution in [-0.2, 0) is 13.1 Å². The Kier molecular flexibility index (Phi) is 10.3. The Morgan fingerprint density at radius 2 is 1.92 bits per heavy atom. The molecule has 0 aromatic carbocycles. The minimum Gasteiger partial charge on any atom is -0.359 e. The number of halogens is 1. The van der Waals surface area contributed by atoms with Crippen molar-refractivity contribution in [3.63, 3.8) is 0 Å². The fourth-order valence-corrected chi connectivity index (χ4v) is 2.62.